The fourth-order valence-electron chi connectivity index (χ4n) is 4.74. The first-order chi connectivity index (χ1) is 16.2. The number of aliphatic hydroxyl groups excluding tert-OH is 1. The van der Waals surface area contributed by atoms with Crippen molar-refractivity contribution in [1.29, 1.82) is 0 Å². The monoisotopic (exact) mass is 449 g/mol. The van der Waals surface area contributed by atoms with Gasteiger partial charge in [-0.25, -0.2) is 4.99 Å². The first-order valence-corrected chi connectivity index (χ1v) is 12.5. The Hall–Kier alpha value is -2.57. The predicted molar refractivity (Wildman–Crippen MR) is 137 cm³/mol. The summed E-state index contributed by atoms with van der Waals surface area (Å²) >= 11 is 0. The molecule has 0 spiro atoms. The number of aliphatic imine (C=N–C) groups is 1. The Morgan fingerprint density at radius 1 is 0.909 bits per heavy atom. The maximum Gasteiger partial charge on any atom is 0.194 e. The molecule has 2 fully saturated rings. The van der Waals surface area contributed by atoms with Crippen molar-refractivity contribution in [3.63, 3.8) is 0 Å². The summed E-state index contributed by atoms with van der Waals surface area (Å²) < 4.78 is 0. The molecule has 2 aromatic carbocycles. The third-order valence-electron chi connectivity index (χ3n) is 6.84. The largest absolute Gasteiger partial charge is 0.396 e. The van der Waals surface area contributed by atoms with Gasteiger partial charge in [0.15, 0.2) is 5.96 Å². The first kappa shape index (κ1) is 23.6. The molecular formula is C27H39N5O. The number of hydrogen-bond donors (Lipinski definition) is 2. The zero-order chi connectivity index (χ0) is 22.9. The topological polar surface area (TPSA) is 54.3 Å². The Morgan fingerprint density at radius 3 is 2.24 bits per heavy atom. The number of benzene rings is 2. The zero-order valence-electron chi connectivity index (χ0n) is 20.0. The van der Waals surface area contributed by atoms with Gasteiger partial charge < -0.3 is 20.2 Å². The molecule has 0 aliphatic carbocycles. The van der Waals surface area contributed by atoms with E-state index in [1.807, 2.05) is 0 Å². The summed E-state index contributed by atoms with van der Waals surface area (Å²) in [5.41, 5.74) is 3.90. The minimum atomic E-state index is 0.320. The van der Waals surface area contributed by atoms with Gasteiger partial charge in [0.1, 0.15) is 0 Å². The summed E-state index contributed by atoms with van der Waals surface area (Å²) in [7, 11) is 0. The average molecular weight is 450 g/mol. The van der Waals surface area contributed by atoms with Crippen LogP contribution in [0.25, 0.3) is 0 Å². The molecule has 0 aromatic heterocycles. The van der Waals surface area contributed by atoms with Gasteiger partial charge in [-0.2, -0.15) is 0 Å². The van der Waals surface area contributed by atoms with Gasteiger partial charge in [0.05, 0.1) is 6.54 Å². The van der Waals surface area contributed by atoms with Gasteiger partial charge in [-0.3, -0.25) is 4.90 Å². The Kier molecular flexibility index (Phi) is 8.61. The van der Waals surface area contributed by atoms with Crippen LogP contribution in [0.2, 0.25) is 0 Å². The van der Waals surface area contributed by atoms with E-state index in [-0.39, 0.29) is 0 Å². The molecular weight excluding hydrogens is 410 g/mol. The van der Waals surface area contributed by atoms with E-state index >= 15 is 0 Å². The minimum absolute atomic E-state index is 0.320. The summed E-state index contributed by atoms with van der Waals surface area (Å²) in [6.07, 6.45) is 2.15. The SMILES string of the molecule is CCNC(=NCc1ccc(N2CCC(CO)CC2)cc1)N1CCN(Cc2ccccc2)CC1. The fourth-order valence-corrected chi connectivity index (χ4v) is 4.74. The summed E-state index contributed by atoms with van der Waals surface area (Å²) in [6.45, 7) is 11.2. The average Bonchev–Trinajstić information content (AvgIpc) is 2.88. The molecule has 2 N–H and O–H groups in total. The van der Waals surface area contributed by atoms with Crippen LogP contribution in [0.5, 0.6) is 0 Å². The molecule has 0 amide bonds. The second kappa shape index (κ2) is 12.1. The lowest BCUT2D eigenvalue weighted by atomic mass is 9.97. The molecule has 0 atom stereocenters. The van der Waals surface area contributed by atoms with Gasteiger partial charge in [0.2, 0.25) is 0 Å². The van der Waals surface area contributed by atoms with Gasteiger partial charge in [0.25, 0.3) is 0 Å². The van der Waals surface area contributed by atoms with Crippen molar-refractivity contribution in [3.8, 4) is 0 Å². The number of hydrogen-bond acceptors (Lipinski definition) is 4. The van der Waals surface area contributed by atoms with Gasteiger partial charge in [-0.1, -0.05) is 42.5 Å². The summed E-state index contributed by atoms with van der Waals surface area (Å²) in [4.78, 5) is 12.3. The summed E-state index contributed by atoms with van der Waals surface area (Å²) in [5, 5.41) is 12.8. The van der Waals surface area contributed by atoms with Crippen LogP contribution in [0.1, 0.15) is 30.9 Å². The Morgan fingerprint density at radius 2 is 1.61 bits per heavy atom. The molecule has 6 nitrogen and oxygen atoms in total. The maximum atomic E-state index is 9.35. The molecule has 4 rings (SSSR count). The smallest absolute Gasteiger partial charge is 0.194 e. The minimum Gasteiger partial charge on any atom is -0.396 e. The van der Waals surface area contributed by atoms with Crippen molar-refractivity contribution in [1.82, 2.24) is 15.1 Å². The van der Waals surface area contributed by atoms with E-state index < -0.39 is 0 Å². The maximum absolute atomic E-state index is 9.35. The van der Waals surface area contributed by atoms with E-state index in [0.29, 0.717) is 19.1 Å². The zero-order valence-corrected chi connectivity index (χ0v) is 20.0. The van der Waals surface area contributed by atoms with Gasteiger partial charge in [-0.05, 0) is 48.9 Å². The Bertz CT molecular complexity index is 854. The molecule has 0 unspecified atom stereocenters. The van der Waals surface area contributed by atoms with Crippen molar-refractivity contribution in [2.24, 2.45) is 10.9 Å². The van der Waals surface area contributed by atoms with Gasteiger partial charge in [0, 0.05) is 64.7 Å². The van der Waals surface area contributed by atoms with E-state index in [9.17, 15) is 5.11 Å². The highest BCUT2D eigenvalue weighted by atomic mass is 16.3. The van der Waals surface area contributed by atoms with Crippen LogP contribution in [-0.4, -0.2) is 73.3 Å². The fraction of sp³-hybridized carbons (Fsp3) is 0.519. The van der Waals surface area contributed by atoms with Crippen LogP contribution in [0.4, 0.5) is 5.69 Å². The van der Waals surface area contributed by atoms with Crippen molar-refractivity contribution in [2.75, 3.05) is 57.3 Å². The molecule has 2 heterocycles. The number of guanidine groups is 1. The van der Waals surface area contributed by atoms with E-state index in [4.69, 9.17) is 4.99 Å². The molecule has 2 aromatic rings. The van der Waals surface area contributed by atoms with Crippen LogP contribution < -0.4 is 10.2 Å². The molecule has 2 aliphatic rings. The van der Waals surface area contributed by atoms with Crippen molar-refractivity contribution in [2.45, 2.75) is 32.9 Å². The van der Waals surface area contributed by atoms with Crippen LogP contribution >= 0.6 is 0 Å². The number of rotatable bonds is 7. The number of piperidine rings is 1. The van der Waals surface area contributed by atoms with Crippen molar-refractivity contribution < 1.29 is 5.11 Å². The highest BCUT2D eigenvalue weighted by Crippen LogP contribution is 2.23. The normalized spacial score (nSPS) is 18.5. The lowest BCUT2D eigenvalue weighted by Gasteiger charge is -2.36. The molecule has 178 valence electrons. The second-order valence-corrected chi connectivity index (χ2v) is 9.20. The first-order valence-electron chi connectivity index (χ1n) is 12.5. The van der Waals surface area contributed by atoms with E-state index in [1.54, 1.807) is 0 Å². The molecule has 6 heteroatoms. The molecule has 2 saturated heterocycles. The summed E-state index contributed by atoms with van der Waals surface area (Å²) in [5.74, 6) is 1.49. The van der Waals surface area contributed by atoms with E-state index in [0.717, 1.165) is 71.2 Å². The molecule has 33 heavy (non-hydrogen) atoms. The quantitative estimate of drug-likeness (QED) is 0.502. The highest BCUT2D eigenvalue weighted by molar-refractivity contribution is 5.80. The van der Waals surface area contributed by atoms with Gasteiger partial charge >= 0.3 is 0 Å². The van der Waals surface area contributed by atoms with E-state index in [1.165, 1.54) is 16.8 Å². The molecule has 0 bridgehead atoms. The standard InChI is InChI=1S/C27H39N5O/c1-2-28-27(32-18-16-30(17-19-32)21-24-6-4-3-5-7-24)29-20-23-8-10-26(11-9-23)31-14-12-25(22-33)13-15-31/h3-11,25,33H,2,12-22H2,1H3,(H,28,29). The predicted octanol–water partition coefficient (Wildman–Crippen LogP) is 3.18. The lowest BCUT2D eigenvalue weighted by molar-refractivity contribution is 0.172. The van der Waals surface area contributed by atoms with Crippen molar-refractivity contribution in [3.05, 3.63) is 65.7 Å². The van der Waals surface area contributed by atoms with E-state index in [2.05, 4.69) is 81.5 Å². The van der Waals surface area contributed by atoms with Crippen LogP contribution in [0, 0.1) is 5.92 Å². The highest BCUT2D eigenvalue weighted by Gasteiger charge is 2.20. The molecule has 2 aliphatic heterocycles. The number of anilines is 1. The van der Waals surface area contributed by atoms with Crippen LogP contribution in [-0.2, 0) is 13.1 Å². The van der Waals surface area contributed by atoms with Crippen LogP contribution in [0.15, 0.2) is 59.6 Å². The third kappa shape index (κ3) is 6.71. The number of nitrogens with zero attached hydrogens (tertiary/aromatic N) is 4. The van der Waals surface area contributed by atoms with Gasteiger partial charge in [-0.15, -0.1) is 0 Å². The van der Waals surface area contributed by atoms with Crippen LogP contribution in [0.3, 0.4) is 0 Å². The summed E-state index contributed by atoms with van der Waals surface area (Å²) in [6, 6.07) is 19.6. The Balaban J connectivity index is 1.29. The Labute approximate surface area is 198 Å². The molecule has 0 radical (unpaired) electrons. The number of nitrogens with one attached hydrogen (secondary N) is 1. The van der Waals surface area contributed by atoms with Crippen molar-refractivity contribution >= 4 is 11.6 Å². The molecule has 0 saturated carbocycles. The number of aliphatic hydroxyl groups is 1. The second-order valence-electron chi connectivity index (χ2n) is 9.20. The number of piperazine rings is 1. The third-order valence-corrected chi connectivity index (χ3v) is 6.84. The lowest BCUT2D eigenvalue weighted by Crippen LogP contribution is -2.52.